The van der Waals surface area contributed by atoms with Crippen molar-refractivity contribution in [3.05, 3.63) is 54.4 Å². The molecular weight excluding hydrogens is 374 g/mol. The van der Waals surface area contributed by atoms with Gasteiger partial charge in [0.05, 0.1) is 17.3 Å². The second-order valence-electron chi connectivity index (χ2n) is 8.53. The summed E-state index contributed by atoms with van der Waals surface area (Å²) in [6.45, 7) is 5.34. The van der Waals surface area contributed by atoms with E-state index in [1.807, 2.05) is 19.4 Å². The third kappa shape index (κ3) is 3.53. The van der Waals surface area contributed by atoms with Crippen molar-refractivity contribution >= 4 is 27.8 Å². The van der Waals surface area contributed by atoms with Crippen LogP contribution in [0.2, 0.25) is 0 Å². The summed E-state index contributed by atoms with van der Waals surface area (Å²) < 4.78 is 5.65. The maximum absolute atomic E-state index is 5.88. The molecule has 0 radical (unpaired) electrons. The number of benzene rings is 1. The van der Waals surface area contributed by atoms with Crippen molar-refractivity contribution in [1.82, 2.24) is 19.9 Å². The summed E-state index contributed by atoms with van der Waals surface area (Å²) in [6.07, 6.45) is 5.84. The highest BCUT2D eigenvalue weighted by molar-refractivity contribution is 6.07. The van der Waals surface area contributed by atoms with E-state index in [-0.39, 0.29) is 5.60 Å². The van der Waals surface area contributed by atoms with Crippen LogP contribution in [-0.4, -0.2) is 45.7 Å². The molecule has 1 saturated heterocycles. The van der Waals surface area contributed by atoms with E-state index in [0.29, 0.717) is 5.82 Å². The van der Waals surface area contributed by atoms with Crippen molar-refractivity contribution in [1.29, 1.82) is 0 Å². The number of H-pyrrole nitrogens is 1. The number of hydrogen-bond acceptors (Lipinski definition) is 5. The molecule has 6 nitrogen and oxygen atoms in total. The van der Waals surface area contributed by atoms with Crippen LogP contribution in [0, 0.1) is 0 Å². The number of anilines is 1. The van der Waals surface area contributed by atoms with Gasteiger partial charge in [-0.3, -0.25) is 4.90 Å². The van der Waals surface area contributed by atoms with Gasteiger partial charge in [-0.2, -0.15) is 0 Å². The second-order valence-corrected chi connectivity index (χ2v) is 8.53. The van der Waals surface area contributed by atoms with E-state index in [4.69, 9.17) is 10.5 Å². The van der Waals surface area contributed by atoms with E-state index in [1.54, 1.807) is 6.20 Å². The van der Waals surface area contributed by atoms with Gasteiger partial charge in [0.1, 0.15) is 11.5 Å². The van der Waals surface area contributed by atoms with Crippen molar-refractivity contribution in [2.75, 3.05) is 25.9 Å². The first-order chi connectivity index (χ1) is 14.5. The van der Waals surface area contributed by atoms with E-state index in [1.165, 1.54) is 5.56 Å². The van der Waals surface area contributed by atoms with Gasteiger partial charge in [-0.1, -0.05) is 24.3 Å². The lowest BCUT2D eigenvalue weighted by Crippen LogP contribution is -2.43. The number of pyridine rings is 2. The third-order valence-corrected chi connectivity index (χ3v) is 6.46. The zero-order valence-corrected chi connectivity index (χ0v) is 17.5. The van der Waals surface area contributed by atoms with E-state index < -0.39 is 0 Å². The maximum atomic E-state index is 5.88. The Morgan fingerprint density at radius 3 is 2.53 bits per heavy atom. The molecule has 5 rings (SSSR count). The Labute approximate surface area is 176 Å². The molecule has 0 spiro atoms. The van der Waals surface area contributed by atoms with Gasteiger partial charge in [-0.05, 0) is 43.0 Å². The van der Waals surface area contributed by atoms with Gasteiger partial charge >= 0.3 is 0 Å². The van der Waals surface area contributed by atoms with Gasteiger partial charge in [0, 0.05) is 49.3 Å². The zero-order valence-electron chi connectivity index (χ0n) is 17.5. The summed E-state index contributed by atoms with van der Waals surface area (Å²) in [5.74, 6) is 0.515. The molecule has 0 atom stereocenters. The maximum Gasteiger partial charge on any atom is 0.138 e. The van der Waals surface area contributed by atoms with Gasteiger partial charge in [-0.15, -0.1) is 0 Å². The lowest BCUT2D eigenvalue weighted by Gasteiger charge is -2.38. The van der Waals surface area contributed by atoms with E-state index in [2.05, 4.69) is 57.1 Å². The fourth-order valence-corrected chi connectivity index (χ4v) is 4.30. The minimum absolute atomic E-state index is 0.0368. The molecule has 4 heterocycles. The fraction of sp³-hybridized carbons (Fsp3) is 0.333. The summed E-state index contributed by atoms with van der Waals surface area (Å²) in [5.41, 5.74) is 11.3. The average molecular weight is 402 g/mol. The summed E-state index contributed by atoms with van der Waals surface area (Å²) in [6, 6.07) is 12.9. The van der Waals surface area contributed by atoms with Crippen LogP contribution in [0.5, 0.6) is 0 Å². The first-order valence-corrected chi connectivity index (χ1v) is 10.4. The Morgan fingerprint density at radius 1 is 1.03 bits per heavy atom. The Bertz CT molecular complexity index is 1190. The molecule has 30 heavy (non-hydrogen) atoms. The molecule has 0 saturated carbocycles. The molecule has 1 fully saturated rings. The number of aromatic amines is 1. The molecule has 3 N–H and O–H groups in total. The number of ether oxygens (including phenoxy) is 1. The molecule has 0 unspecified atom stereocenters. The molecule has 1 aliphatic rings. The highest BCUT2D eigenvalue weighted by Crippen LogP contribution is 2.30. The van der Waals surface area contributed by atoms with Crippen molar-refractivity contribution in [3.8, 4) is 11.1 Å². The molecule has 0 aliphatic carbocycles. The number of rotatable bonds is 4. The van der Waals surface area contributed by atoms with Crippen LogP contribution >= 0.6 is 0 Å². The lowest BCUT2D eigenvalue weighted by molar-refractivity contribution is -0.0440. The van der Waals surface area contributed by atoms with Crippen molar-refractivity contribution in [2.45, 2.75) is 31.9 Å². The number of aromatic nitrogens is 3. The zero-order chi connectivity index (χ0) is 20.7. The summed E-state index contributed by atoms with van der Waals surface area (Å²) in [7, 11) is 1.82. The Kier molecular flexibility index (Phi) is 4.68. The number of hydrogen-bond donors (Lipinski definition) is 2. The molecule has 6 heteroatoms. The molecule has 154 valence electrons. The topological polar surface area (TPSA) is 80.1 Å². The molecule has 1 aromatic carbocycles. The van der Waals surface area contributed by atoms with Gasteiger partial charge < -0.3 is 15.5 Å². The third-order valence-electron chi connectivity index (χ3n) is 6.46. The Balaban J connectivity index is 1.36. The predicted molar refractivity (Wildman–Crippen MR) is 121 cm³/mol. The molecule has 3 aromatic heterocycles. The first-order valence-electron chi connectivity index (χ1n) is 10.4. The number of nitrogen functional groups attached to an aromatic ring is 1. The molecule has 0 amide bonds. The Morgan fingerprint density at radius 2 is 1.80 bits per heavy atom. The van der Waals surface area contributed by atoms with Crippen LogP contribution in [-0.2, 0) is 11.3 Å². The minimum Gasteiger partial charge on any atom is -0.384 e. The van der Waals surface area contributed by atoms with Crippen molar-refractivity contribution < 1.29 is 4.74 Å². The number of nitrogens with one attached hydrogen (secondary N) is 1. The molecular formula is C24H27N5O. The number of methoxy groups -OCH3 is 1. The minimum atomic E-state index is 0.0368. The standard InChI is InChI=1S/C24H27N5O/c1-24(30-2)7-9-29(10-8-24)15-16-3-5-17(6-4-16)18-11-20-19-12-22(25)26-14-21(19)28-23(20)27-13-18/h3-6,11-14H,7-10,15H2,1-2H3,(H2,25,26)(H,27,28). The van der Waals surface area contributed by atoms with Crippen LogP contribution in [0.3, 0.4) is 0 Å². The number of piperidine rings is 1. The normalized spacial score (nSPS) is 17.0. The number of nitrogens with two attached hydrogens (primary N) is 1. The van der Waals surface area contributed by atoms with Gasteiger partial charge in [0.25, 0.3) is 0 Å². The van der Waals surface area contributed by atoms with Crippen molar-refractivity contribution in [3.63, 3.8) is 0 Å². The second kappa shape index (κ2) is 7.38. The average Bonchev–Trinajstić information content (AvgIpc) is 3.13. The smallest absolute Gasteiger partial charge is 0.138 e. The number of nitrogens with zero attached hydrogens (tertiary/aromatic N) is 3. The number of fused-ring (bicyclic) bond motifs is 3. The largest absolute Gasteiger partial charge is 0.384 e. The van der Waals surface area contributed by atoms with Gasteiger partial charge in [-0.25, -0.2) is 9.97 Å². The van der Waals surface area contributed by atoms with Crippen LogP contribution in [0.1, 0.15) is 25.3 Å². The van der Waals surface area contributed by atoms with Crippen LogP contribution < -0.4 is 5.73 Å². The molecule has 0 bridgehead atoms. The fourth-order valence-electron chi connectivity index (χ4n) is 4.30. The SMILES string of the molecule is COC1(C)CCN(Cc2ccc(-c3cnc4[nH]c5cnc(N)cc5c4c3)cc2)CC1. The van der Waals surface area contributed by atoms with Crippen LogP contribution in [0.15, 0.2) is 48.8 Å². The van der Waals surface area contributed by atoms with E-state index in [9.17, 15) is 0 Å². The highest BCUT2D eigenvalue weighted by atomic mass is 16.5. The van der Waals surface area contributed by atoms with E-state index >= 15 is 0 Å². The number of likely N-dealkylation sites (tertiary alicyclic amines) is 1. The monoisotopic (exact) mass is 401 g/mol. The first kappa shape index (κ1) is 19.0. The van der Waals surface area contributed by atoms with E-state index in [0.717, 1.165) is 65.5 Å². The van der Waals surface area contributed by atoms with Crippen LogP contribution in [0.4, 0.5) is 5.82 Å². The summed E-state index contributed by atoms with van der Waals surface area (Å²) in [4.78, 5) is 14.6. The van der Waals surface area contributed by atoms with Crippen LogP contribution in [0.25, 0.3) is 33.1 Å². The van der Waals surface area contributed by atoms with Crippen molar-refractivity contribution in [2.24, 2.45) is 0 Å². The summed E-state index contributed by atoms with van der Waals surface area (Å²) in [5, 5.41) is 2.12. The van der Waals surface area contributed by atoms with Gasteiger partial charge in [0.2, 0.25) is 0 Å². The summed E-state index contributed by atoms with van der Waals surface area (Å²) >= 11 is 0. The quantitative estimate of drug-likeness (QED) is 0.531. The lowest BCUT2D eigenvalue weighted by atomic mass is 9.93. The van der Waals surface area contributed by atoms with Gasteiger partial charge in [0.15, 0.2) is 0 Å². The molecule has 4 aromatic rings. The predicted octanol–water partition coefficient (Wildman–Crippen LogP) is 4.36. The highest BCUT2D eigenvalue weighted by Gasteiger charge is 2.29. The Hall–Kier alpha value is -2.96. The molecule has 1 aliphatic heterocycles.